The Morgan fingerprint density at radius 1 is 1.34 bits per heavy atom. The molecule has 0 atom stereocenters. The Labute approximate surface area is 172 Å². The van der Waals surface area contributed by atoms with Crippen LogP contribution in [0.2, 0.25) is 0 Å². The van der Waals surface area contributed by atoms with E-state index in [2.05, 4.69) is 15.4 Å². The number of aromatic nitrogens is 3. The fourth-order valence-corrected chi connectivity index (χ4v) is 3.81. The number of amides is 1. The fourth-order valence-electron chi connectivity index (χ4n) is 3.12. The van der Waals surface area contributed by atoms with Crippen LogP contribution in [0.1, 0.15) is 43.0 Å². The number of para-hydroxylation sites is 1. The lowest BCUT2D eigenvalue weighted by atomic mass is 10.2. The number of carbonyl (C=O) groups is 1. The molecule has 0 bridgehead atoms. The molecule has 8 heteroatoms. The van der Waals surface area contributed by atoms with Crippen LogP contribution in [0.4, 0.5) is 5.13 Å². The van der Waals surface area contributed by atoms with Crippen LogP contribution in [0, 0.1) is 6.92 Å². The van der Waals surface area contributed by atoms with E-state index in [4.69, 9.17) is 9.15 Å². The van der Waals surface area contributed by atoms with E-state index in [1.807, 2.05) is 57.3 Å². The number of hydrogen-bond acceptors (Lipinski definition) is 6. The molecule has 0 aliphatic rings. The van der Waals surface area contributed by atoms with Gasteiger partial charge in [-0.1, -0.05) is 12.1 Å². The summed E-state index contributed by atoms with van der Waals surface area (Å²) in [7, 11) is 0. The minimum Gasteiger partial charge on any atom is -0.490 e. The number of nitrogens with one attached hydrogen (secondary N) is 1. The second-order valence-corrected chi connectivity index (χ2v) is 7.78. The summed E-state index contributed by atoms with van der Waals surface area (Å²) in [6.07, 6.45) is 0. The summed E-state index contributed by atoms with van der Waals surface area (Å²) in [5.74, 6) is 1.10. The van der Waals surface area contributed by atoms with E-state index in [1.165, 1.54) is 11.3 Å². The molecule has 3 heterocycles. The summed E-state index contributed by atoms with van der Waals surface area (Å²) in [6, 6.07) is 9.57. The Kier molecular flexibility index (Phi) is 5.10. The van der Waals surface area contributed by atoms with Crippen molar-refractivity contribution in [3.05, 3.63) is 47.1 Å². The maximum Gasteiger partial charge on any atom is 0.275 e. The highest BCUT2D eigenvalue weighted by Crippen LogP contribution is 2.34. The van der Waals surface area contributed by atoms with E-state index in [9.17, 15) is 4.79 Å². The van der Waals surface area contributed by atoms with Crippen molar-refractivity contribution in [1.29, 1.82) is 0 Å². The molecule has 29 heavy (non-hydrogen) atoms. The Morgan fingerprint density at radius 2 is 2.17 bits per heavy atom. The second kappa shape index (κ2) is 7.71. The van der Waals surface area contributed by atoms with Crippen LogP contribution < -0.4 is 10.1 Å². The van der Waals surface area contributed by atoms with Gasteiger partial charge in [0.2, 0.25) is 0 Å². The zero-order valence-corrected chi connectivity index (χ0v) is 17.5. The Morgan fingerprint density at radius 3 is 2.93 bits per heavy atom. The van der Waals surface area contributed by atoms with Gasteiger partial charge < -0.3 is 9.15 Å². The van der Waals surface area contributed by atoms with Crippen LogP contribution in [-0.2, 0) is 0 Å². The first-order valence-corrected chi connectivity index (χ1v) is 10.3. The number of nitrogens with zero attached hydrogens (tertiary/aromatic N) is 3. The lowest BCUT2D eigenvalue weighted by molar-refractivity contribution is 0.101. The van der Waals surface area contributed by atoms with Crippen molar-refractivity contribution in [3.63, 3.8) is 0 Å². The number of fused-ring (bicyclic) bond motifs is 1. The fraction of sp³-hybridized carbons (Fsp3) is 0.286. The highest BCUT2D eigenvalue weighted by atomic mass is 32.1. The van der Waals surface area contributed by atoms with Gasteiger partial charge in [-0.05, 0) is 45.9 Å². The topological polar surface area (TPSA) is 82.2 Å². The molecule has 0 spiro atoms. The van der Waals surface area contributed by atoms with Crippen molar-refractivity contribution in [3.8, 4) is 17.2 Å². The van der Waals surface area contributed by atoms with Crippen LogP contribution in [0.25, 0.3) is 22.4 Å². The van der Waals surface area contributed by atoms with E-state index in [-0.39, 0.29) is 11.9 Å². The van der Waals surface area contributed by atoms with Gasteiger partial charge in [0.25, 0.3) is 5.91 Å². The molecule has 7 nitrogen and oxygen atoms in total. The first kappa shape index (κ1) is 19.2. The Balaban J connectivity index is 1.58. The third-order valence-electron chi connectivity index (χ3n) is 4.36. The van der Waals surface area contributed by atoms with Gasteiger partial charge in [0, 0.05) is 16.8 Å². The highest BCUT2D eigenvalue weighted by molar-refractivity contribution is 7.14. The van der Waals surface area contributed by atoms with E-state index in [1.54, 1.807) is 10.7 Å². The van der Waals surface area contributed by atoms with Gasteiger partial charge in [0.15, 0.2) is 22.2 Å². The number of benzene rings is 1. The SMILES string of the molecule is CCOc1cccc2cc(-c3csc(NC(=O)c4cc(C)nn4C(C)C)n3)oc12. The van der Waals surface area contributed by atoms with Crippen molar-refractivity contribution in [2.45, 2.75) is 33.7 Å². The number of ether oxygens (including phenoxy) is 1. The molecule has 1 aromatic carbocycles. The molecule has 3 aromatic heterocycles. The molecule has 4 aromatic rings. The first-order valence-electron chi connectivity index (χ1n) is 9.45. The molecule has 0 saturated carbocycles. The molecule has 1 amide bonds. The number of rotatable bonds is 6. The van der Waals surface area contributed by atoms with Crippen molar-refractivity contribution >= 4 is 33.3 Å². The predicted octanol–water partition coefficient (Wildman–Crippen LogP) is 5.29. The van der Waals surface area contributed by atoms with Crippen molar-refractivity contribution < 1.29 is 13.9 Å². The van der Waals surface area contributed by atoms with Crippen LogP contribution in [-0.4, -0.2) is 27.3 Å². The van der Waals surface area contributed by atoms with Gasteiger partial charge in [0.05, 0.1) is 12.3 Å². The summed E-state index contributed by atoms with van der Waals surface area (Å²) < 4.78 is 13.3. The molecule has 0 aliphatic carbocycles. The van der Waals surface area contributed by atoms with Crippen LogP contribution >= 0.6 is 11.3 Å². The summed E-state index contributed by atoms with van der Waals surface area (Å²) in [5.41, 5.74) is 2.67. The molecule has 0 aliphatic heterocycles. The molecule has 1 N–H and O–H groups in total. The number of anilines is 1. The van der Waals surface area contributed by atoms with Crippen molar-refractivity contribution in [2.75, 3.05) is 11.9 Å². The lowest BCUT2D eigenvalue weighted by Gasteiger charge is -2.09. The normalized spacial score (nSPS) is 11.3. The third kappa shape index (κ3) is 3.75. The minimum absolute atomic E-state index is 0.0892. The Hall–Kier alpha value is -3.13. The largest absolute Gasteiger partial charge is 0.490 e. The summed E-state index contributed by atoms with van der Waals surface area (Å²) in [4.78, 5) is 17.2. The maximum atomic E-state index is 12.7. The lowest BCUT2D eigenvalue weighted by Crippen LogP contribution is -2.18. The number of thiazole rings is 1. The van der Waals surface area contributed by atoms with Gasteiger partial charge in [-0.3, -0.25) is 14.8 Å². The molecule has 0 fully saturated rings. The van der Waals surface area contributed by atoms with Crippen LogP contribution in [0.3, 0.4) is 0 Å². The quantitative estimate of drug-likeness (QED) is 0.467. The number of hydrogen-bond donors (Lipinski definition) is 1. The van der Waals surface area contributed by atoms with E-state index < -0.39 is 0 Å². The number of carbonyl (C=O) groups excluding carboxylic acids is 1. The average Bonchev–Trinajstić information content (AvgIpc) is 3.39. The van der Waals surface area contributed by atoms with Gasteiger partial charge in [-0.15, -0.1) is 11.3 Å². The highest BCUT2D eigenvalue weighted by Gasteiger charge is 2.18. The summed E-state index contributed by atoms with van der Waals surface area (Å²) in [6.45, 7) is 8.35. The smallest absolute Gasteiger partial charge is 0.275 e. The molecule has 150 valence electrons. The minimum atomic E-state index is -0.233. The molecule has 0 saturated heterocycles. The first-order chi connectivity index (χ1) is 14.0. The zero-order chi connectivity index (χ0) is 20.5. The Bertz CT molecular complexity index is 1170. The van der Waals surface area contributed by atoms with Crippen molar-refractivity contribution in [2.24, 2.45) is 0 Å². The third-order valence-corrected chi connectivity index (χ3v) is 5.12. The monoisotopic (exact) mass is 410 g/mol. The average molecular weight is 410 g/mol. The zero-order valence-electron chi connectivity index (χ0n) is 16.7. The number of aryl methyl sites for hydroxylation is 1. The predicted molar refractivity (Wildman–Crippen MR) is 114 cm³/mol. The van der Waals surface area contributed by atoms with E-state index >= 15 is 0 Å². The molecule has 4 rings (SSSR count). The van der Waals surface area contributed by atoms with Gasteiger partial charge in [-0.2, -0.15) is 5.10 Å². The van der Waals surface area contributed by atoms with E-state index in [0.717, 1.165) is 11.1 Å². The van der Waals surface area contributed by atoms with E-state index in [0.29, 0.717) is 40.2 Å². The van der Waals surface area contributed by atoms with Crippen molar-refractivity contribution in [1.82, 2.24) is 14.8 Å². The summed E-state index contributed by atoms with van der Waals surface area (Å²) in [5, 5.41) is 10.6. The molecular formula is C21H22N4O3S. The van der Waals surface area contributed by atoms with Gasteiger partial charge in [0.1, 0.15) is 11.4 Å². The standard InChI is InChI=1S/C21H22N4O3S/c1-5-27-17-8-6-7-14-10-18(28-19(14)17)15-11-29-21(22-15)23-20(26)16-9-13(4)24-25(16)12(2)3/h6-12H,5H2,1-4H3,(H,22,23,26). The maximum absolute atomic E-state index is 12.7. The second-order valence-electron chi connectivity index (χ2n) is 6.92. The van der Waals surface area contributed by atoms with Gasteiger partial charge >= 0.3 is 0 Å². The summed E-state index contributed by atoms with van der Waals surface area (Å²) >= 11 is 1.35. The molecule has 0 radical (unpaired) electrons. The molecule has 0 unspecified atom stereocenters. The van der Waals surface area contributed by atoms with Crippen LogP contribution in [0.5, 0.6) is 5.75 Å². The number of furan rings is 1. The molecular weight excluding hydrogens is 388 g/mol. The van der Waals surface area contributed by atoms with Crippen LogP contribution in [0.15, 0.2) is 40.1 Å². The van der Waals surface area contributed by atoms with Gasteiger partial charge in [-0.25, -0.2) is 4.98 Å².